The zero-order valence-electron chi connectivity index (χ0n) is 12.9. The SMILES string of the molecule is O=C1CCN(C(=O)c2ccnc3cc(Cl)ccc23)C2(CN1)COC2. The van der Waals surface area contributed by atoms with Crippen LogP contribution in [0.1, 0.15) is 16.8 Å². The van der Waals surface area contributed by atoms with E-state index in [0.29, 0.717) is 48.8 Å². The molecule has 0 saturated carbocycles. The molecule has 2 fully saturated rings. The molecule has 2 amide bonds. The Balaban J connectivity index is 1.76. The Bertz CT molecular complexity index is 835. The Hall–Kier alpha value is -2.18. The molecule has 0 aliphatic carbocycles. The molecule has 2 aromatic rings. The molecule has 1 aromatic carbocycles. The van der Waals surface area contributed by atoms with Gasteiger partial charge in [-0.15, -0.1) is 0 Å². The predicted octanol–water partition coefficient (Wildman–Crippen LogP) is 1.62. The lowest BCUT2D eigenvalue weighted by Gasteiger charge is -2.48. The van der Waals surface area contributed by atoms with E-state index in [9.17, 15) is 9.59 Å². The summed E-state index contributed by atoms with van der Waals surface area (Å²) in [7, 11) is 0. The number of benzene rings is 1. The molecule has 0 unspecified atom stereocenters. The highest BCUT2D eigenvalue weighted by atomic mass is 35.5. The van der Waals surface area contributed by atoms with Crippen LogP contribution in [0.4, 0.5) is 0 Å². The normalized spacial score (nSPS) is 19.7. The second-order valence-electron chi connectivity index (χ2n) is 6.22. The highest BCUT2D eigenvalue weighted by Crippen LogP contribution is 2.30. The maximum Gasteiger partial charge on any atom is 0.255 e. The third kappa shape index (κ3) is 2.42. The molecule has 2 aliphatic rings. The molecule has 2 saturated heterocycles. The quantitative estimate of drug-likeness (QED) is 0.852. The predicted molar refractivity (Wildman–Crippen MR) is 89.0 cm³/mol. The Kier molecular flexibility index (Phi) is 3.66. The number of nitrogens with one attached hydrogen (secondary N) is 1. The van der Waals surface area contributed by atoms with E-state index in [2.05, 4.69) is 10.3 Å². The first-order chi connectivity index (χ1) is 11.6. The van der Waals surface area contributed by atoms with Crippen LogP contribution in [-0.2, 0) is 9.53 Å². The number of nitrogens with zero attached hydrogens (tertiary/aromatic N) is 2. The monoisotopic (exact) mass is 345 g/mol. The van der Waals surface area contributed by atoms with E-state index in [1.807, 2.05) is 6.07 Å². The summed E-state index contributed by atoms with van der Waals surface area (Å²) in [6, 6.07) is 7.01. The fraction of sp³-hybridized carbons (Fsp3) is 0.353. The molecule has 3 heterocycles. The lowest BCUT2D eigenvalue weighted by molar-refractivity contribution is -0.124. The smallest absolute Gasteiger partial charge is 0.255 e. The number of ether oxygens (including phenoxy) is 1. The van der Waals surface area contributed by atoms with Gasteiger partial charge in [-0.2, -0.15) is 0 Å². The first-order valence-corrected chi connectivity index (χ1v) is 8.18. The molecule has 1 N–H and O–H groups in total. The molecular weight excluding hydrogens is 330 g/mol. The number of amides is 2. The number of pyridine rings is 1. The molecule has 2 aliphatic heterocycles. The van der Waals surface area contributed by atoms with Crippen LogP contribution in [0.5, 0.6) is 0 Å². The van der Waals surface area contributed by atoms with Crippen molar-refractivity contribution >= 4 is 34.3 Å². The van der Waals surface area contributed by atoms with E-state index < -0.39 is 5.54 Å². The topological polar surface area (TPSA) is 71.5 Å². The minimum Gasteiger partial charge on any atom is -0.376 e. The van der Waals surface area contributed by atoms with Gasteiger partial charge in [0.15, 0.2) is 0 Å². The zero-order valence-corrected chi connectivity index (χ0v) is 13.7. The Morgan fingerprint density at radius 3 is 2.92 bits per heavy atom. The molecule has 7 heteroatoms. The maximum atomic E-state index is 13.2. The largest absolute Gasteiger partial charge is 0.376 e. The van der Waals surface area contributed by atoms with Crippen molar-refractivity contribution < 1.29 is 14.3 Å². The number of fused-ring (bicyclic) bond motifs is 1. The summed E-state index contributed by atoms with van der Waals surface area (Å²) in [5.74, 6) is -0.146. The Morgan fingerprint density at radius 1 is 1.33 bits per heavy atom. The van der Waals surface area contributed by atoms with Crippen molar-refractivity contribution in [3.63, 3.8) is 0 Å². The van der Waals surface area contributed by atoms with Crippen molar-refractivity contribution in [2.75, 3.05) is 26.3 Å². The summed E-state index contributed by atoms with van der Waals surface area (Å²) in [5.41, 5.74) is 0.791. The van der Waals surface area contributed by atoms with Gasteiger partial charge in [0.05, 0.1) is 24.3 Å². The van der Waals surface area contributed by atoms with Crippen molar-refractivity contribution in [2.24, 2.45) is 0 Å². The van der Waals surface area contributed by atoms with Gasteiger partial charge in [0, 0.05) is 36.1 Å². The number of carbonyl (C=O) groups excluding carboxylic acids is 2. The van der Waals surface area contributed by atoms with Crippen LogP contribution in [-0.4, -0.2) is 53.5 Å². The van der Waals surface area contributed by atoms with Crippen LogP contribution in [0.25, 0.3) is 10.9 Å². The average Bonchev–Trinajstić information content (AvgIpc) is 2.72. The van der Waals surface area contributed by atoms with Gasteiger partial charge < -0.3 is 15.0 Å². The van der Waals surface area contributed by atoms with Gasteiger partial charge in [-0.1, -0.05) is 17.7 Å². The standard InChI is InChI=1S/C17H16ClN3O3/c18-11-1-2-12-13(3-5-19-14(12)7-11)16(23)21-6-4-15(22)20-8-17(21)9-24-10-17/h1-3,5,7H,4,6,8-10H2,(H,20,22). The molecule has 0 radical (unpaired) electrons. The highest BCUT2D eigenvalue weighted by molar-refractivity contribution is 6.31. The summed E-state index contributed by atoms with van der Waals surface area (Å²) >= 11 is 6.02. The number of carbonyl (C=O) groups is 2. The van der Waals surface area contributed by atoms with Gasteiger partial charge in [-0.3, -0.25) is 14.6 Å². The molecule has 124 valence electrons. The van der Waals surface area contributed by atoms with Crippen molar-refractivity contribution in [3.8, 4) is 0 Å². The second kappa shape index (κ2) is 5.72. The van der Waals surface area contributed by atoms with Crippen LogP contribution in [0.15, 0.2) is 30.5 Å². The molecule has 6 nitrogen and oxygen atoms in total. The number of hydrogen-bond donors (Lipinski definition) is 1. The molecule has 0 bridgehead atoms. The molecular formula is C17H16ClN3O3. The Morgan fingerprint density at radius 2 is 2.17 bits per heavy atom. The number of halogens is 1. The van der Waals surface area contributed by atoms with Crippen LogP contribution < -0.4 is 5.32 Å². The first kappa shape index (κ1) is 15.4. The van der Waals surface area contributed by atoms with Crippen LogP contribution in [0, 0.1) is 0 Å². The van der Waals surface area contributed by atoms with Gasteiger partial charge >= 0.3 is 0 Å². The summed E-state index contributed by atoms with van der Waals surface area (Å²) in [5, 5.41) is 4.21. The third-order valence-corrected chi connectivity index (χ3v) is 4.91. The number of aromatic nitrogens is 1. The summed E-state index contributed by atoms with van der Waals surface area (Å²) in [6.45, 7) is 1.68. The molecule has 4 rings (SSSR count). The molecule has 1 aromatic heterocycles. The van der Waals surface area contributed by atoms with E-state index in [1.165, 1.54) is 0 Å². The number of hydrogen-bond acceptors (Lipinski definition) is 4. The number of rotatable bonds is 1. The molecule has 1 spiro atoms. The summed E-state index contributed by atoms with van der Waals surface area (Å²) in [4.78, 5) is 31.0. The lowest BCUT2D eigenvalue weighted by Crippen LogP contribution is -2.67. The van der Waals surface area contributed by atoms with Gasteiger partial charge in [-0.05, 0) is 18.2 Å². The van der Waals surface area contributed by atoms with E-state index >= 15 is 0 Å². The maximum absolute atomic E-state index is 13.2. The van der Waals surface area contributed by atoms with Crippen LogP contribution in [0.3, 0.4) is 0 Å². The molecule has 24 heavy (non-hydrogen) atoms. The van der Waals surface area contributed by atoms with E-state index in [0.717, 1.165) is 5.39 Å². The van der Waals surface area contributed by atoms with Gasteiger partial charge in [0.25, 0.3) is 5.91 Å². The first-order valence-electron chi connectivity index (χ1n) is 7.80. The minimum absolute atomic E-state index is 0.0389. The van der Waals surface area contributed by atoms with Gasteiger partial charge in [0.2, 0.25) is 5.91 Å². The van der Waals surface area contributed by atoms with Crippen molar-refractivity contribution in [2.45, 2.75) is 12.0 Å². The fourth-order valence-electron chi connectivity index (χ4n) is 3.26. The van der Waals surface area contributed by atoms with E-state index in [-0.39, 0.29) is 11.8 Å². The molecule has 0 atom stereocenters. The average molecular weight is 346 g/mol. The second-order valence-corrected chi connectivity index (χ2v) is 6.66. The summed E-state index contributed by atoms with van der Waals surface area (Å²) in [6.07, 6.45) is 1.90. The van der Waals surface area contributed by atoms with Gasteiger partial charge in [0.1, 0.15) is 5.54 Å². The minimum atomic E-state index is -0.453. The fourth-order valence-corrected chi connectivity index (χ4v) is 3.43. The van der Waals surface area contributed by atoms with E-state index in [1.54, 1.807) is 29.3 Å². The Labute approximate surface area is 143 Å². The summed E-state index contributed by atoms with van der Waals surface area (Å²) < 4.78 is 5.35. The lowest BCUT2D eigenvalue weighted by atomic mass is 9.93. The van der Waals surface area contributed by atoms with Gasteiger partial charge in [-0.25, -0.2) is 0 Å². The third-order valence-electron chi connectivity index (χ3n) is 4.67. The van der Waals surface area contributed by atoms with Crippen molar-refractivity contribution in [1.82, 2.24) is 15.2 Å². The highest BCUT2D eigenvalue weighted by Gasteiger charge is 2.48. The zero-order chi connectivity index (χ0) is 16.7. The van der Waals surface area contributed by atoms with Crippen LogP contribution in [0.2, 0.25) is 5.02 Å². The van der Waals surface area contributed by atoms with Crippen molar-refractivity contribution in [3.05, 3.63) is 41.0 Å². The van der Waals surface area contributed by atoms with E-state index in [4.69, 9.17) is 16.3 Å². The van der Waals surface area contributed by atoms with Crippen molar-refractivity contribution in [1.29, 1.82) is 0 Å². The van der Waals surface area contributed by atoms with Crippen LogP contribution >= 0.6 is 11.6 Å².